The number of nitrogens with one attached hydrogen (secondary N) is 1. The van der Waals surface area contributed by atoms with Gasteiger partial charge >= 0.3 is 0 Å². The molecule has 0 saturated carbocycles. The van der Waals surface area contributed by atoms with Gasteiger partial charge < -0.3 is 15.5 Å². The number of aromatic nitrogens is 1. The Hall–Kier alpha value is -2.40. The van der Waals surface area contributed by atoms with Crippen molar-refractivity contribution in [2.75, 3.05) is 6.61 Å². The Bertz CT molecular complexity index is 572. The molecule has 2 aromatic rings. The smallest absolute Gasteiger partial charge is 0.253 e. The molecule has 1 amide bonds. The van der Waals surface area contributed by atoms with Crippen molar-refractivity contribution in [3.8, 4) is 5.75 Å². The fourth-order valence-electron chi connectivity index (χ4n) is 1.88. The van der Waals surface area contributed by atoms with Crippen LogP contribution in [0.25, 0.3) is 0 Å². The van der Waals surface area contributed by atoms with Gasteiger partial charge in [0, 0.05) is 6.20 Å². The summed E-state index contributed by atoms with van der Waals surface area (Å²) in [4.78, 5) is 15.7. The average Bonchev–Trinajstić information content (AvgIpc) is 2.47. The fraction of sp³-hybridized carbons (Fsp3) is 0.200. The second kappa shape index (κ2) is 6.68. The summed E-state index contributed by atoms with van der Waals surface area (Å²) in [7, 11) is 0. The van der Waals surface area contributed by atoms with Crippen molar-refractivity contribution >= 4 is 5.91 Å². The Morgan fingerprint density at radius 2 is 2.00 bits per heavy atom. The van der Waals surface area contributed by atoms with Crippen LogP contribution in [0.2, 0.25) is 0 Å². The second-order valence-corrected chi connectivity index (χ2v) is 4.47. The molecule has 0 aliphatic rings. The van der Waals surface area contributed by atoms with E-state index in [2.05, 4.69) is 10.3 Å². The van der Waals surface area contributed by atoms with Crippen molar-refractivity contribution in [1.82, 2.24) is 10.3 Å². The number of nitrogens with zero attached hydrogens (tertiary/aromatic N) is 1. The van der Waals surface area contributed by atoms with Gasteiger partial charge in [0.2, 0.25) is 0 Å². The first-order valence-electron chi connectivity index (χ1n) is 6.28. The van der Waals surface area contributed by atoms with Crippen LogP contribution in [0.3, 0.4) is 0 Å². The number of rotatable bonds is 5. The molecule has 0 unspecified atom stereocenters. The molecule has 1 aromatic heterocycles. The summed E-state index contributed by atoms with van der Waals surface area (Å²) in [5, 5.41) is 21.4. The number of pyridine rings is 1. The molecule has 1 aromatic carbocycles. The van der Waals surface area contributed by atoms with Crippen LogP contribution in [-0.4, -0.2) is 33.8 Å². The van der Waals surface area contributed by atoms with Crippen LogP contribution < -0.4 is 5.32 Å². The molecule has 0 aliphatic carbocycles. The van der Waals surface area contributed by atoms with Gasteiger partial charge in [-0.1, -0.05) is 30.3 Å². The van der Waals surface area contributed by atoms with Crippen LogP contribution >= 0.6 is 0 Å². The van der Waals surface area contributed by atoms with Gasteiger partial charge in [0.1, 0.15) is 5.75 Å². The number of hydrogen-bond donors (Lipinski definition) is 3. The van der Waals surface area contributed by atoms with Gasteiger partial charge in [-0.15, -0.1) is 0 Å². The molecule has 1 atom stereocenters. The zero-order chi connectivity index (χ0) is 14.4. The summed E-state index contributed by atoms with van der Waals surface area (Å²) < 4.78 is 0. The number of aliphatic hydroxyl groups is 1. The quantitative estimate of drug-likeness (QED) is 0.761. The third-order valence-electron chi connectivity index (χ3n) is 2.87. The van der Waals surface area contributed by atoms with Crippen molar-refractivity contribution in [2.45, 2.75) is 12.5 Å². The lowest BCUT2D eigenvalue weighted by Crippen LogP contribution is -2.39. The molecule has 0 radical (unpaired) electrons. The standard InChI is InChI=1S/C15H16N2O3/c18-10-13(6-11-4-2-1-3-5-11)17-15(20)12-7-14(19)9-16-8-12/h1-5,7-9,13,18-19H,6,10H2,(H,17,20)/t13-/m0/s1. The summed E-state index contributed by atoms with van der Waals surface area (Å²) in [5.74, 6) is -0.440. The topological polar surface area (TPSA) is 82.5 Å². The third-order valence-corrected chi connectivity index (χ3v) is 2.87. The van der Waals surface area contributed by atoms with Crippen LogP contribution in [-0.2, 0) is 6.42 Å². The Kier molecular flexibility index (Phi) is 4.68. The van der Waals surface area contributed by atoms with Gasteiger partial charge in [-0.25, -0.2) is 0 Å². The molecule has 2 rings (SSSR count). The minimum Gasteiger partial charge on any atom is -0.506 e. The summed E-state index contributed by atoms with van der Waals surface area (Å²) in [6.07, 6.45) is 3.16. The van der Waals surface area contributed by atoms with Crippen molar-refractivity contribution in [2.24, 2.45) is 0 Å². The highest BCUT2D eigenvalue weighted by Crippen LogP contribution is 2.09. The molecule has 5 nitrogen and oxygen atoms in total. The van der Waals surface area contributed by atoms with Crippen LogP contribution in [0.1, 0.15) is 15.9 Å². The fourth-order valence-corrected chi connectivity index (χ4v) is 1.88. The number of amides is 1. The minimum absolute atomic E-state index is 0.0683. The maximum absolute atomic E-state index is 12.0. The van der Waals surface area contributed by atoms with E-state index in [9.17, 15) is 15.0 Å². The first-order chi connectivity index (χ1) is 9.69. The van der Waals surface area contributed by atoms with Crippen molar-refractivity contribution < 1.29 is 15.0 Å². The maximum atomic E-state index is 12.0. The van der Waals surface area contributed by atoms with E-state index in [0.717, 1.165) is 5.56 Å². The first-order valence-corrected chi connectivity index (χ1v) is 6.28. The van der Waals surface area contributed by atoms with Crippen molar-refractivity contribution in [3.63, 3.8) is 0 Å². The van der Waals surface area contributed by atoms with Gasteiger partial charge in [0.15, 0.2) is 0 Å². The van der Waals surface area contributed by atoms with Gasteiger partial charge in [-0.3, -0.25) is 9.78 Å². The molecule has 20 heavy (non-hydrogen) atoms. The molecule has 0 spiro atoms. The number of hydrogen-bond acceptors (Lipinski definition) is 4. The summed E-state index contributed by atoms with van der Waals surface area (Å²) in [6, 6.07) is 10.5. The highest BCUT2D eigenvalue weighted by Gasteiger charge is 2.14. The predicted octanol–water partition coefficient (Wildman–Crippen LogP) is 1.12. The van der Waals surface area contributed by atoms with E-state index in [0.29, 0.717) is 6.42 Å². The molecule has 5 heteroatoms. The van der Waals surface area contributed by atoms with Crippen LogP contribution in [0, 0.1) is 0 Å². The van der Waals surface area contributed by atoms with E-state index in [1.54, 1.807) is 0 Å². The molecule has 0 fully saturated rings. The number of aliphatic hydroxyl groups excluding tert-OH is 1. The highest BCUT2D eigenvalue weighted by molar-refractivity contribution is 5.94. The van der Waals surface area contributed by atoms with E-state index >= 15 is 0 Å². The van der Waals surface area contributed by atoms with Crippen LogP contribution in [0.5, 0.6) is 5.75 Å². The summed E-state index contributed by atoms with van der Waals surface area (Å²) in [5.41, 5.74) is 1.29. The zero-order valence-corrected chi connectivity index (χ0v) is 10.9. The molecular weight excluding hydrogens is 256 g/mol. The Labute approximate surface area is 116 Å². The Morgan fingerprint density at radius 3 is 2.65 bits per heavy atom. The Morgan fingerprint density at radius 1 is 1.25 bits per heavy atom. The predicted molar refractivity (Wildman–Crippen MR) is 74.4 cm³/mol. The van der Waals surface area contributed by atoms with E-state index in [4.69, 9.17) is 0 Å². The van der Waals surface area contributed by atoms with E-state index in [-0.39, 0.29) is 29.9 Å². The number of aromatic hydroxyl groups is 1. The normalized spacial score (nSPS) is 11.8. The van der Waals surface area contributed by atoms with Crippen molar-refractivity contribution in [3.05, 3.63) is 59.9 Å². The molecule has 0 aliphatic heterocycles. The first kappa shape index (κ1) is 14.0. The summed E-state index contributed by atoms with van der Waals surface area (Å²) >= 11 is 0. The average molecular weight is 272 g/mol. The number of benzene rings is 1. The van der Waals surface area contributed by atoms with Crippen LogP contribution in [0.15, 0.2) is 48.8 Å². The molecule has 0 bridgehead atoms. The molecule has 0 saturated heterocycles. The van der Waals surface area contributed by atoms with Gasteiger partial charge in [0.25, 0.3) is 5.91 Å². The third kappa shape index (κ3) is 3.80. The molecule has 3 N–H and O–H groups in total. The zero-order valence-electron chi connectivity index (χ0n) is 10.9. The Balaban J connectivity index is 2.01. The van der Waals surface area contributed by atoms with Gasteiger partial charge in [0.05, 0.1) is 24.4 Å². The molecule has 1 heterocycles. The lowest BCUT2D eigenvalue weighted by atomic mass is 10.1. The SMILES string of the molecule is O=C(N[C@H](CO)Cc1ccccc1)c1cncc(O)c1. The van der Waals surface area contributed by atoms with Crippen molar-refractivity contribution in [1.29, 1.82) is 0 Å². The largest absolute Gasteiger partial charge is 0.506 e. The lowest BCUT2D eigenvalue weighted by molar-refractivity contribution is 0.0915. The summed E-state index contributed by atoms with van der Waals surface area (Å²) in [6.45, 7) is -0.160. The second-order valence-electron chi connectivity index (χ2n) is 4.47. The van der Waals surface area contributed by atoms with E-state index in [1.807, 2.05) is 30.3 Å². The van der Waals surface area contributed by atoms with Gasteiger partial charge in [-0.2, -0.15) is 0 Å². The van der Waals surface area contributed by atoms with E-state index < -0.39 is 0 Å². The number of carbonyl (C=O) groups is 1. The maximum Gasteiger partial charge on any atom is 0.253 e. The molecule has 104 valence electrons. The number of carbonyl (C=O) groups excluding carboxylic acids is 1. The minimum atomic E-state index is -0.382. The van der Waals surface area contributed by atoms with Crippen LogP contribution in [0.4, 0.5) is 0 Å². The lowest BCUT2D eigenvalue weighted by Gasteiger charge is -2.16. The monoisotopic (exact) mass is 272 g/mol. The van der Waals surface area contributed by atoms with E-state index in [1.165, 1.54) is 18.5 Å². The molecular formula is C15H16N2O3. The van der Waals surface area contributed by atoms with Gasteiger partial charge in [-0.05, 0) is 18.1 Å². The highest BCUT2D eigenvalue weighted by atomic mass is 16.3.